The van der Waals surface area contributed by atoms with E-state index in [0.717, 1.165) is 30.0 Å². The Labute approximate surface area is 123 Å². The number of benzene rings is 2. The molecular weight excluding hydrogens is 273 g/mol. The molecule has 1 atom stereocenters. The fourth-order valence-corrected chi connectivity index (χ4v) is 2.40. The summed E-state index contributed by atoms with van der Waals surface area (Å²) >= 11 is 0. The van der Waals surface area contributed by atoms with Crippen LogP contribution in [0.1, 0.15) is 42.0 Å². The molecule has 0 aliphatic carbocycles. The Morgan fingerprint density at radius 2 is 1.57 bits per heavy atom. The zero-order valence-electron chi connectivity index (χ0n) is 12.2. The summed E-state index contributed by atoms with van der Waals surface area (Å²) in [6, 6.07) is 13.9. The van der Waals surface area contributed by atoms with Crippen molar-refractivity contribution in [3.63, 3.8) is 0 Å². The highest BCUT2D eigenvalue weighted by Crippen LogP contribution is 2.31. The van der Waals surface area contributed by atoms with Gasteiger partial charge in [0.2, 0.25) is 0 Å². The molecule has 0 fully saturated rings. The van der Waals surface area contributed by atoms with Crippen molar-refractivity contribution in [2.45, 2.75) is 38.8 Å². The molecule has 2 aromatic carbocycles. The second-order valence-corrected chi connectivity index (χ2v) is 5.40. The third-order valence-electron chi connectivity index (χ3n) is 3.76. The Balaban J connectivity index is 2.14. The average molecular weight is 292 g/mol. The second kappa shape index (κ2) is 6.33. The van der Waals surface area contributed by atoms with Gasteiger partial charge in [0.1, 0.15) is 0 Å². The molecule has 1 unspecified atom stereocenters. The minimum Gasteiger partial charge on any atom is -0.166 e. The summed E-state index contributed by atoms with van der Waals surface area (Å²) in [7, 11) is 0. The van der Waals surface area contributed by atoms with Gasteiger partial charge >= 0.3 is 6.18 Å². The fraction of sp³-hybridized carbons (Fsp3) is 0.333. The van der Waals surface area contributed by atoms with Gasteiger partial charge in [0.25, 0.3) is 0 Å². The lowest BCUT2D eigenvalue weighted by atomic mass is 9.92. The van der Waals surface area contributed by atoms with Gasteiger partial charge < -0.3 is 0 Å². The maximum Gasteiger partial charge on any atom is 0.416 e. The van der Waals surface area contributed by atoms with Crippen LogP contribution in [0.25, 0.3) is 0 Å². The average Bonchev–Trinajstić information content (AvgIpc) is 2.47. The molecule has 0 aliphatic rings. The van der Waals surface area contributed by atoms with Crippen LogP contribution < -0.4 is 0 Å². The molecule has 0 heterocycles. The Morgan fingerprint density at radius 3 is 2.14 bits per heavy atom. The van der Waals surface area contributed by atoms with Gasteiger partial charge in [0, 0.05) is 0 Å². The molecule has 0 radical (unpaired) electrons. The van der Waals surface area contributed by atoms with E-state index in [1.54, 1.807) is 6.07 Å². The molecule has 112 valence electrons. The molecule has 2 rings (SSSR count). The molecule has 0 aliphatic heterocycles. The maximum absolute atomic E-state index is 12.7. The van der Waals surface area contributed by atoms with Crippen LogP contribution in [0.2, 0.25) is 0 Å². The normalized spacial score (nSPS) is 13.2. The van der Waals surface area contributed by atoms with E-state index in [9.17, 15) is 13.2 Å². The van der Waals surface area contributed by atoms with Crippen molar-refractivity contribution in [1.29, 1.82) is 0 Å². The lowest BCUT2D eigenvalue weighted by Crippen LogP contribution is -2.07. The van der Waals surface area contributed by atoms with E-state index in [2.05, 4.69) is 31.2 Å². The lowest BCUT2D eigenvalue weighted by Gasteiger charge is -2.15. The third-order valence-corrected chi connectivity index (χ3v) is 3.76. The molecule has 0 saturated carbocycles. The van der Waals surface area contributed by atoms with Crippen LogP contribution in [0.3, 0.4) is 0 Å². The van der Waals surface area contributed by atoms with Crippen LogP contribution in [0.4, 0.5) is 13.2 Å². The van der Waals surface area contributed by atoms with Crippen LogP contribution in [-0.2, 0) is 19.0 Å². The van der Waals surface area contributed by atoms with Gasteiger partial charge in [0.05, 0.1) is 5.56 Å². The summed E-state index contributed by atoms with van der Waals surface area (Å²) in [4.78, 5) is 0. The van der Waals surface area contributed by atoms with Crippen LogP contribution in [0, 0.1) is 0 Å². The van der Waals surface area contributed by atoms with Crippen LogP contribution in [0.5, 0.6) is 0 Å². The van der Waals surface area contributed by atoms with Gasteiger partial charge in [-0.15, -0.1) is 0 Å². The van der Waals surface area contributed by atoms with Gasteiger partial charge in [-0.3, -0.25) is 0 Å². The minimum absolute atomic E-state index is 0.0553. The first-order chi connectivity index (χ1) is 9.90. The molecule has 0 bridgehead atoms. The van der Waals surface area contributed by atoms with Gasteiger partial charge in [-0.05, 0) is 41.5 Å². The van der Waals surface area contributed by atoms with Crippen molar-refractivity contribution in [3.05, 3.63) is 70.8 Å². The predicted octanol–water partition coefficient (Wildman–Crippen LogP) is 5.61. The van der Waals surface area contributed by atoms with Crippen molar-refractivity contribution in [3.8, 4) is 0 Å². The SMILES string of the molecule is CCc1ccc(CC(C)c2cccc(C(F)(F)F)c2)cc1. The molecule has 0 saturated heterocycles. The second-order valence-electron chi connectivity index (χ2n) is 5.40. The van der Waals surface area contributed by atoms with Gasteiger partial charge in [-0.25, -0.2) is 0 Å². The lowest BCUT2D eigenvalue weighted by molar-refractivity contribution is -0.137. The van der Waals surface area contributed by atoms with Crippen molar-refractivity contribution < 1.29 is 13.2 Å². The molecule has 3 heteroatoms. The molecule has 0 spiro atoms. The Hall–Kier alpha value is -1.77. The summed E-state index contributed by atoms with van der Waals surface area (Å²) in [5, 5.41) is 0. The van der Waals surface area contributed by atoms with Gasteiger partial charge in [-0.1, -0.05) is 56.3 Å². The molecule has 21 heavy (non-hydrogen) atoms. The molecule has 0 amide bonds. The summed E-state index contributed by atoms with van der Waals surface area (Å²) in [5.74, 6) is 0.0553. The van der Waals surface area contributed by atoms with Crippen molar-refractivity contribution in [1.82, 2.24) is 0 Å². The molecular formula is C18H19F3. The Bertz CT molecular complexity index is 582. The zero-order chi connectivity index (χ0) is 15.5. The van der Waals surface area contributed by atoms with Crippen LogP contribution in [0.15, 0.2) is 48.5 Å². The fourth-order valence-electron chi connectivity index (χ4n) is 2.40. The highest BCUT2D eigenvalue weighted by molar-refractivity contribution is 5.30. The number of hydrogen-bond acceptors (Lipinski definition) is 0. The topological polar surface area (TPSA) is 0 Å². The van der Waals surface area contributed by atoms with Crippen LogP contribution in [-0.4, -0.2) is 0 Å². The number of halogens is 3. The van der Waals surface area contributed by atoms with E-state index in [0.29, 0.717) is 0 Å². The largest absolute Gasteiger partial charge is 0.416 e. The standard InChI is InChI=1S/C18H19F3/c1-3-14-7-9-15(10-8-14)11-13(2)16-5-4-6-17(12-16)18(19,20)21/h4-10,12-13H,3,11H2,1-2H3. The van der Waals surface area contributed by atoms with Crippen molar-refractivity contribution in [2.75, 3.05) is 0 Å². The summed E-state index contributed by atoms with van der Waals surface area (Å²) in [6.07, 6.45) is -2.55. The van der Waals surface area contributed by atoms with E-state index >= 15 is 0 Å². The summed E-state index contributed by atoms with van der Waals surface area (Å²) in [5.41, 5.74) is 2.57. The molecule has 0 aromatic heterocycles. The molecule has 2 aromatic rings. The maximum atomic E-state index is 12.7. The van der Waals surface area contributed by atoms with Gasteiger partial charge in [-0.2, -0.15) is 13.2 Å². The zero-order valence-corrected chi connectivity index (χ0v) is 12.2. The monoisotopic (exact) mass is 292 g/mol. The molecule has 0 nitrogen and oxygen atoms in total. The molecule has 0 N–H and O–H groups in total. The third kappa shape index (κ3) is 4.10. The highest BCUT2D eigenvalue weighted by atomic mass is 19.4. The van der Waals surface area contributed by atoms with Gasteiger partial charge in [0.15, 0.2) is 0 Å². The number of aryl methyl sites for hydroxylation is 1. The quantitative estimate of drug-likeness (QED) is 0.686. The predicted molar refractivity (Wildman–Crippen MR) is 79.4 cm³/mol. The van der Waals surface area contributed by atoms with Crippen molar-refractivity contribution in [2.24, 2.45) is 0 Å². The van der Waals surface area contributed by atoms with E-state index in [1.165, 1.54) is 17.7 Å². The van der Waals surface area contributed by atoms with Crippen LogP contribution >= 0.6 is 0 Å². The van der Waals surface area contributed by atoms with Crippen molar-refractivity contribution >= 4 is 0 Å². The first-order valence-corrected chi connectivity index (χ1v) is 7.15. The highest BCUT2D eigenvalue weighted by Gasteiger charge is 2.30. The number of rotatable bonds is 4. The number of alkyl halides is 3. The van der Waals surface area contributed by atoms with E-state index in [4.69, 9.17) is 0 Å². The number of hydrogen-bond donors (Lipinski definition) is 0. The van der Waals surface area contributed by atoms with E-state index in [-0.39, 0.29) is 5.92 Å². The summed E-state index contributed by atoms with van der Waals surface area (Å²) in [6.45, 7) is 4.06. The smallest absolute Gasteiger partial charge is 0.166 e. The van der Waals surface area contributed by atoms with E-state index < -0.39 is 11.7 Å². The summed E-state index contributed by atoms with van der Waals surface area (Å²) < 4.78 is 38.2. The van der Waals surface area contributed by atoms with E-state index in [1.807, 2.05) is 6.92 Å². The minimum atomic E-state index is -4.28. The first-order valence-electron chi connectivity index (χ1n) is 7.15. The first kappa shape index (κ1) is 15.6. The Kier molecular flexibility index (Phi) is 4.71. The Morgan fingerprint density at radius 1 is 0.952 bits per heavy atom.